The number of carbonyl (C=O) groups excluding carboxylic acids is 4. The van der Waals surface area contributed by atoms with Gasteiger partial charge >= 0.3 is 17.9 Å². The van der Waals surface area contributed by atoms with Crippen molar-refractivity contribution in [2.75, 3.05) is 6.61 Å². The molecule has 3 aromatic rings. The van der Waals surface area contributed by atoms with Gasteiger partial charge in [-0.2, -0.15) is 0 Å². The van der Waals surface area contributed by atoms with Crippen molar-refractivity contribution in [2.45, 2.75) is 53.6 Å². The van der Waals surface area contributed by atoms with Crippen LogP contribution in [-0.4, -0.2) is 47.2 Å². The molecule has 0 N–H and O–H groups in total. The standard InChI is InChI=1S/C32H32N2O7/c1-18-13-20(3)26(21(4)14-18)32(38)41-28-19(2)11-12-33-27(28)29(35)34-25-17-39-30(36)24(15-22(5)40-31(25)37)16-23-9-7-6-8-10-23/h6-14,22,24H,15-17H2,1-5H3/t22-,24-/m0/s1. The summed E-state index contributed by atoms with van der Waals surface area (Å²) < 4.78 is 16.6. The number of aromatic nitrogens is 1. The molecule has 2 atom stereocenters. The van der Waals surface area contributed by atoms with Crippen LogP contribution in [0.15, 0.2) is 59.7 Å². The number of amides is 1. The molecule has 0 unspecified atom stereocenters. The second kappa shape index (κ2) is 12.7. The molecule has 1 aromatic heterocycles. The molecule has 2 aromatic carbocycles. The number of benzene rings is 2. The third kappa shape index (κ3) is 7.11. The Hall–Kier alpha value is -4.66. The number of ether oxygens (including phenoxy) is 3. The highest BCUT2D eigenvalue weighted by Crippen LogP contribution is 2.26. The number of hydrogen-bond donors (Lipinski definition) is 0. The number of aryl methyl sites for hydroxylation is 4. The van der Waals surface area contributed by atoms with E-state index in [1.54, 1.807) is 33.8 Å². The molecule has 0 radical (unpaired) electrons. The second-order valence-electron chi connectivity index (χ2n) is 10.3. The Kier molecular flexibility index (Phi) is 9.07. The molecule has 9 heteroatoms. The highest BCUT2D eigenvalue weighted by molar-refractivity contribution is 6.39. The van der Waals surface area contributed by atoms with Gasteiger partial charge in [-0.15, -0.1) is 0 Å². The fraction of sp³-hybridized carbons (Fsp3) is 0.312. The maximum absolute atomic E-state index is 13.3. The fourth-order valence-electron chi connectivity index (χ4n) is 4.90. The molecule has 0 spiro atoms. The van der Waals surface area contributed by atoms with Crippen molar-refractivity contribution < 1.29 is 33.4 Å². The number of carbonyl (C=O) groups is 4. The third-order valence-electron chi connectivity index (χ3n) is 6.79. The van der Waals surface area contributed by atoms with Crippen molar-refractivity contribution in [3.63, 3.8) is 0 Å². The summed E-state index contributed by atoms with van der Waals surface area (Å²) in [7, 11) is 0. The molecule has 2 heterocycles. The molecule has 0 saturated carbocycles. The van der Waals surface area contributed by atoms with Crippen molar-refractivity contribution in [1.29, 1.82) is 0 Å². The predicted octanol–water partition coefficient (Wildman–Crippen LogP) is 4.85. The van der Waals surface area contributed by atoms with E-state index in [1.165, 1.54) is 6.20 Å². The van der Waals surface area contributed by atoms with Crippen LogP contribution in [-0.2, 0) is 25.5 Å². The summed E-state index contributed by atoms with van der Waals surface area (Å²) in [6.07, 6.45) is 1.41. The zero-order valence-electron chi connectivity index (χ0n) is 23.7. The summed E-state index contributed by atoms with van der Waals surface area (Å²) in [5.74, 6) is -3.61. The van der Waals surface area contributed by atoms with Crippen molar-refractivity contribution in [3.05, 3.63) is 93.8 Å². The van der Waals surface area contributed by atoms with Crippen molar-refractivity contribution >= 4 is 29.5 Å². The molecule has 1 aliphatic rings. The summed E-state index contributed by atoms with van der Waals surface area (Å²) in [6, 6.07) is 14.8. The third-order valence-corrected chi connectivity index (χ3v) is 6.79. The molecule has 1 aliphatic heterocycles. The first-order valence-electron chi connectivity index (χ1n) is 13.3. The monoisotopic (exact) mass is 556 g/mol. The maximum atomic E-state index is 13.3. The van der Waals surface area contributed by atoms with E-state index in [-0.39, 0.29) is 23.6 Å². The lowest BCUT2D eigenvalue weighted by Gasteiger charge is -2.17. The van der Waals surface area contributed by atoms with Gasteiger partial charge in [0.25, 0.3) is 5.91 Å². The first kappa shape index (κ1) is 29.3. The normalized spacial score (nSPS) is 18.5. The Balaban J connectivity index is 1.58. The van der Waals surface area contributed by atoms with E-state index in [2.05, 4.69) is 9.98 Å². The number of cyclic esters (lactones) is 2. The molecular formula is C32H32N2O7. The zero-order valence-corrected chi connectivity index (χ0v) is 23.7. The van der Waals surface area contributed by atoms with Gasteiger partial charge in [0.15, 0.2) is 17.2 Å². The Labute approximate surface area is 238 Å². The number of hydrogen-bond acceptors (Lipinski definition) is 8. The van der Waals surface area contributed by atoms with E-state index in [0.29, 0.717) is 17.5 Å². The molecule has 1 amide bonds. The molecular weight excluding hydrogens is 524 g/mol. The fourth-order valence-corrected chi connectivity index (χ4v) is 4.90. The largest absolute Gasteiger partial charge is 0.459 e. The summed E-state index contributed by atoms with van der Waals surface area (Å²) in [5, 5.41) is 0. The second-order valence-corrected chi connectivity index (χ2v) is 10.3. The topological polar surface area (TPSA) is 121 Å². The van der Waals surface area contributed by atoms with Crippen LogP contribution in [0.3, 0.4) is 0 Å². The molecule has 41 heavy (non-hydrogen) atoms. The molecule has 9 nitrogen and oxygen atoms in total. The summed E-state index contributed by atoms with van der Waals surface area (Å²) in [6.45, 7) is 8.32. The zero-order chi connectivity index (χ0) is 29.7. The van der Waals surface area contributed by atoms with Crippen LogP contribution < -0.4 is 4.74 Å². The lowest BCUT2D eigenvalue weighted by Crippen LogP contribution is -2.26. The lowest BCUT2D eigenvalue weighted by molar-refractivity contribution is -0.148. The molecule has 0 bridgehead atoms. The number of aliphatic imine (C=N–C) groups is 1. The summed E-state index contributed by atoms with van der Waals surface area (Å²) in [4.78, 5) is 60.2. The smallest absolute Gasteiger partial charge is 0.356 e. The van der Waals surface area contributed by atoms with Gasteiger partial charge in [0, 0.05) is 6.20 Å². The lowest BCUT2D eigenvalue weighted by atomic mass is 9.94. The Bertz CT molecular complexity index is 1510. The van der Waals surface area contributed by atoms with E-state index in [4.69, 9.17) is 14.2 Å². The molecule has 1 fully saturated rings. The minimum Gasteiger partial charge on any atom is -0.459 e. The quantitative estimate of drug-likeness (QED) is 0.409. The SMILES string of the molecule is Cc1cc(C)c(C(=O)Oc2c(C)ccnc2C(=O)N=C2COC(=O)[C@H](Cc3ccccc3)C[C@H](C)OC2=O)c(C)c1. The average molecular weight is 557 g/mol. The predicted molar refractivity (Wildman–Crippen MR) is 151 cm³/mol. The molecule has 1 saturated heterocycles. The van der Waals surface area contributed by atoms with Gasteiger partial charge in [-0.1, -0.05) is 48.0 Å². The van der Waals surface area contributed by atoms with Gasteiger partial charge in [0.05, 0.1) is 11.5 Å². The van der Waals surface area contributed by atoms with Gasteiger partial charge in [0.2, 0.25) is 0 Å². The van der Waals surface area contributed by atoms with E-state index >= 15 is 0 Å². The number of rotatable bonds is 5. The first-order chi connectivity index (χ1) is 19.5. The van der Waals surface area contributed by atoms with E-state index in [0.717, 1.165) is 22.3 Å². The van der Waals surface area contributed by atoms with Crippen molar-refractivity contribution in [3.8, 4) is 5.75 Å². The van der Waals surface area contributed by atoms with Crippen LogP contribution in [0.4, 0.5) is 0 Å². The van der Waals surface area contributed by atoms with Crippen LogP contribution >= 0.6 is 0 Å². The van der Waals surface area contributed by atoms with Crippen LogP contribution in [0, 0.1) is 33.6 Å². The Morgan fingerprint density at radius 2 is 1.68 bits per heavy atom. The molecule has 4 rings (SSSR count). The number of esters is 3. The summed E-state index contributed by atoms with van der Waals surface area (Å²) >= 11 is 0. The Morgan fingerprint density at radius 3 is 2.37 bits per heavy atom. The van der Waals surface area contributed by atoms with Crippen LogP contribution in [0.5, 0.6) is 5.75 Å². The van der Waals surface area contributed by atoms with E-state index in [1.807, 2.05) is 49.4 Å². The Morgan fingerprint density at radius 1 is 1.00 bits per heavy atom. The molecule has 0 aliphatic carbocycles. The minimum absolute atomic E-state index is 0.0732. The van der Waals surface area contributed by atoms with Gasteiger partial charge in [-0.3, -0.25) is 9.59 Å². The van der Waals surface area contributed by atoms with E-state index < -0.39 is 42.4 Å². The summed E-state index contributed by atoms with van der Waals surface area (Å²) in [5.41, 5.74) is 3.62. The number of nitrogens with zero attached hydrogens (tertiary/aromatic N) is 2. The van der Waals surface area contributed by atoms with Crippen LogP contribution in [0.25, 0.3) is 0 Å². The van der Waals surface area contributed by atoms with Crippen molar-refractivity contribution in [2.24, 2.45) is 10.9 Å². The highest BCUT2D eigenvalue weighted by Gasteiger charge is 2.31. The van der Waals surface area contributed by atoms with Gasteiger partial charge in [-0.05, 0) is 75.8 Å². The van der Waals surface area contributed by atoms with Gasteiger partial charge in [0.1, 0.15) is 12.7 Å². The van der Waals surface area contributed by atoms with Gasteiger partial charge in [-0.25, -0.2) is 19.6 Å². The minimum atomic E-state index is -0.940. The van der Waals surface area contributed by atoms with Crippen molar-refractivity contribution in [1.82, 2.24) is 4.98 Å². The van der Waals surface area contributed by atoms with E-state index in [9.17, 15) is 19.2 Å². The van der Waals surface area contributed by atoms with Crippen LogP contribution in [0.1, 0.15) is 62.0 Å². The highest BCUT2D eigenvalue weighted by atomic mass is 16.6. The molecule has 212 valence electrons. The first-order valence-corrected chi connectivity index (χ1v) is 13.3. The maximum Gasteiger partial charge on any atom is 0.356 e. The van der Waals surface area contributed by atoms with Gasteiger partial charge < -0.3 is 14.2 Å². The van der Waals surface area contributed by atoms with Crippen LogP contribution in [0.2, 0.25) is 0 Å². The average Bonchev–Trinajstić information content (AvgIpc) is 2.95. The number of pyridine rings is 1.